The molecule has 1 unspecified atom stereocenters. The van der Waals surface area contributed by atoms with Gasteiger partial charge < -0.3 is 21.5 Å². The molecule has 0 aliphatic heterocycles. The van der Waals surface area contributed by atoms with E-state index in [0.29, 0.717) is 34.2 Å². The van der Waals surface area contributed by atoms with Crippen LogP contribution in [-0.4, -0.2) is 32.9 Å². The van der Waals surface area contributed by atoms with E-state index >= 15 is 0 Å². The molecular weight excluding hydrogens is 376 g/mol. The predicted octanol–water partition coefficient (Wildman–Crippen LogP) is 3.26. The van der Waals surface area contributed by atoms with E-state index in [4.69, 9.17) is 29.6 Å². The zero-order valence-electron chi connectivity index (χ0n) is 13.7. The monoisotopic (exact) mass is 396 g/mol. The van der Waals surface area contributed by atoms with Gasteiger partial charge in [0.25, 0.3) is 0 Å². The first-order valence-electron chi connectivity index (χ1n) is 8.48. The molecule has 0 radical (unpaired) electrons. The third kappa shape index (κ3) is 3.36. The minimum atomic E-state index is -0.784. The fraction of sp³-hybridized carbons (Fsp3) is 0.529. The molecular formula is C17H21ClN4OS2. The van der Waals surface area contributed by atoms with Gasteiger partial charge in [0.1, 0.15) is 5.52 Å². The summed E-state index contributed by atoms with van der Waals surface area (Å²) in [4.78, 5) is 4.48. The van der Waals surface area contributed by atoms with Gasteiger partial charge in [-0.1, -0.05) is 29.0 Å². The van der Waals surface area contributed by atoms with Crippen LogP contribution in [0.2, 0.25) is 5.02 Å². The Morgan fingerprint density at radius 3 is 2.88 bits per heavy atom. The van der Waals surface area contributed by atoms with Gasteiger partial charge in [0.05, 0.1) is 15.3 Å². The number of para-hydroxylation sites is 1. The molecule has 5 N–H and O–H groups in total. The van der Waals surface area contributed by atoms with Crippen LogP contribution in [0.5, 0.6) is 0 Å². The number of aromatic nitrogens is 1. The lowest BCUT2D eigenvalue weighted by atomic mass is 9.58. The number of aliphatic hydroxyl groups is 1. The smallest absolute Gasteiger partial charge is 0.190 e. The summed E-state index contributed by atoms with van der Waals surface area (Å²) >= 11 is 13.0. The van der Waals surface area contributed by atoms with Gasteiger partial charge in [0.2, 0.25) is 0 Å². The molecule has 3 fully saturated rings. The van der Waals surface area contributed by atoms with Crippen molar-refractivity contribution in [3.8, 4) is 0 Å². The SMILES string of the molecule is NC12CCC(CC1)C(O)(CNC(=S)Nc1nc3c(Cl)cccc3s1)C2. The van der Waals surface area contributed by atoms with E-state index in [1.165, 1.54) is 11.3 Å². The molecule has 0 saturated heterocycles. The maximum Gasteiger partial charge on any atom is 0.190 e. The summed E-state index contributed by atoms with van der Waals surface area (Å²) < 4.78 is 1.01. The third-order valence-electron chi connectivity index (χ3n) is 5.54. The number of benzene rings is 1. The van der Waals surface area contributed by atoms with Crippen molar-refractivity contribution in [3.63, 3.8) is 0 Å². The van der Waals surface area contributed by atoms with Crippen molar-refractivity contribution >= 4 is 55.6 Å². The van der Waals surface area contributed by atoms with Gasteiger partial charge in [0, 0.05) is 12.1 Å². The second kappa shape index (κ2) is 6.32. The maximum absolute atomic E-state index is 11.0. The molecule has 1 heterocycles. The van der Waals surface area contributed by atoms with Gasteiger partial charge in [0.15, 0.2) is 10.2 Å². The topological polar surface area (TPSA) is 83.2 Å². The first kappa shape index (κ1) is 17.4. The fourth-order valence-electron chi connectivity index (χ4n) is 4.21. The second-order valence-electron chi connectivity index (χ2n) is 7.33. The molecule has 1 aromatic carbocycles. The fourth-order valence-corrected chi connectivity index (χ4v) is 5.61. The second-order valence-corrected chi connectivity index (χ2v) is 9.18. The normalized spacial score (nSPS) is 31.2. The zero-order chi connectivity index (χ0) is 17.7. The van der Waals surface area contributed by atoms with E-state index in [2.05, 4.69) is 15.6 Å². The van der Waals surface area contributed by atoms with Gasteiger partial charge >= 0.3 is 0 Å². The van der Waals surface area contributed by atoms with Crippen molar-refractivity contribution in [2.45, 2.75) is 43.2 Å². The molecule has 5 rings (SSSR count). The van der Waals surface area contributed by atoms with Crippen LogP contribution in [-0.2, 0) is 0 Å². The van der Waals surface area contributed by atoms with Crippen LogP contribution >= 0.6 is 35.2 Å². The number of hydrogen-bond acceptors (Lipinski definition) is 5. The Labute approximate surface area is 161 Å². The highest BCUT2D eigenvalue weighted by atomic mass is 35.5. The standard InChI is InChI=1S/C17H21ClN4OS2/c18-11-2-1-3-12-13(11)21-15(25-12)22-14(24)20-9-17(23)8-16(19)6-4-10(17)5-7-16/h1-3,10,23H,4-9,19H2,(H2,20,21,22,24). The summed E-state index contributed by atoms with van der Waals surface area (Å²) in [6, 6.07) is 5.70. The number of halogens is 1. The molecule has 3 aliphatic rings. The third-order valence-corrected chi connectivity index (χ3v) is 7.03. The van der Waals surface area contributed by atoms with Crippen molar-refractivity contribution in [2.24, 2.45) is 11.7 Å². The molecule has 25 heavy (non-hydrogen) atoms. The zero-order valence-corrected chi connectivity index (χ0v) is 16.1. The van der Waals surface area contributed by atoms with Gasteiger partial charge in [-0.05, 0) is 62.4 Å². The van der Waals surface area contributed by atoms with Crippen LogP contribution in [0.1, 0.15) is 32.1 Å². The van der Waals surface area contributed by atoms with Crippen molar-refractivity contribution in [1.29, 1.82) is 0 Å². The Balaban J connectivity index is 1.40. The average molecular weight is 397 g/mol. The van der Waals surface area contributed by atoms with Crippen LogP contribution < -0.4 is 16.4 Å². The van der Waals surface area contributed by atoms with E-state index in [0.717, 1.165) is 35.9 Å². The highest BCUT2D eigenvalue weighted by molar-refractivity contribution is 7.80. The largest absolute Gasteiger partial charge is 0.388 e. The minimum Gasteiger partial charge on any atom is -0.388 e. The van der Waals surface area contributed by atoms with Crippen molar-refractivity contribution in [1.82, 2.24) is 10.3 Å². The first-order valence-corrected chi connectivity index (χ1v) is 10.1. The molecule has 1 aromatic heterocycles. The number of nitrogens with two attached hydrogens (primary N) is 1. The Hall–Kier alpha value is -0.990. The van der Waals surface area contributed by atoms with Crippen LogP contribution in [0.3, 0.4) is 0 Å². The lowest BCUT2D eigenvalue weighted by Crippen LogP contribution is -2.63. The molecule has 0 spiro atoms. The van der Waals surface area contributed by atoms with E-state index < -0.39 is 5.60 Å². The van der Waals surface area contributed by atoms with E-state index in [1.54, 1.807) is 0 Å². The Morgan fingerprint density at radius 2 is 2.20 bits per heavy atom. The predicted molar refractivity (Wildman–Crippen MR) is 107 cm³/mol. The number of nitrogens with zero attached hydrogens (tertiary/aromatic N) is 1. The molecule has 134 valence electrons. The van der Waals surface area contributed by atoms with Gasteiger partial charge in [-0.15, -0.1) is 0 Å². The van der Waals surface area contributed by atoms with Crippen LogP contribution in [0, 0.1) is 5.92 Å². The molecule has 3 aliphatic carbocycles. The molecule has 0 amide bonds. The summed E-state index contributed by atoms with van der Waals surface area (Å²) in [5, 5.41) is 19.0. The number of nitrogens with one attached hydrogen (secondary N) is 2. The summed E-state index contributed by atoms with van der Waals surface area (Å²) in [6.45, 7) is 0.411. The van der Waals surface area contributed by atoms with Crippen LogP contribution in [0.25, 0.3) is 10.2 Å². The van der Waals surface area contributed by atoms with E-state index in [1.807, 2.05) is 18.2 Å². The highest BCUT2D eigenvalue weighted by Crippen LogP contribution is 2.48. The molecule has 2 bridgehead atoms. The Morgan fingerprint density at radius 1 is 1.44 bits per heavy atom. The number of fused-ring (bicyclic) bond motifs is 4. The number of thiazole rings is 1. The average Bonchev–Trinajstić information content (AvgIpc) is 2.97. The van der Waals surface area contributed by atoms with Crippen molar-refractivity contribution < 1.29 is 5.11 Å². The van der Waals surface area contributed by atoms with Crippen molar-refractivity contribution in [2.75, 3.05) is 11.9 Å². The Bertz CT molecular complexity index is 818. The molecule has 3 saturated carbocycles. The number of anilines is 1. The van der Waals surface area contributed by atoms with E-state index in [-0.39, 0.29) is 5.54 Å². The lowest BCUT2D eigenvalue weighted by molar-refractivity contribution is -0.101. The molecule has 8 heteroatoms. The van der Waals surface area contributed by atoms with Gasteiger partial charge in [-0.2, -0.15) is 0 Å². The number of rotatable bonds is 3. The van der Waals surface area contributed by atoms with Crippen LogP contribution in [0.4, 0.5) is 5.13 Å². The Kier molecular flexibility index (Phi) is 4.40. The molecule has 1 atom stereocenters. The minimum absolute atomic E-state index is 0.218. The van der Waals surface area contributed by atoms with Gasteiger partial charge in [-0.25, -0.2) is 4.98 Å². The van der Waals surface area contributed by atoms with Crippen LogP contribution in [0.15, 0.2) is 18.2 Å². The quantitative estimate of drug-likeness (QED) is 0.596. The first-order chi connectivity index (χ1) is 11.9. The van der Waals surface area contributed by atoms with E-state index in [9.17, 15) is 5.11 Å². The summed E-state index contributed by atoms with van der Waals surface area (Å²) in [5.41, 5.74) is 6.17. The van der Waals surface area contributed by atoms with Gasteiger partial charge in [-0.3, -0.25) is 0 Å². The summed E-state index contributed by atoms with van der Waals surface area (Å²) in [7, 11) is 0. The summed E-state index contributed by atoms with van der Waals surface area (Å²) in [6.07, 6.45) is 4.64. The lowest BCUT2D eigenvalue weighted by Gasteiger charge is -2.53. The molecule has 2 aromatic rings. The number of hydrogen-bond donors (Lipinski definition) is 4. The van der Waals surface area contributed by atoms with Crippen molar-refractivity contribution in [3.05, 3.63) is 23.2 Å². The summed E-state index contributed by atoms with van der Waals surface area (Å²) in [5.74, 6) is 0.300. The maximum atomic E-state index is 11.0. The highest BCUT2D eigenvalue weighted by Gasteiger charge is 2.51. The number of thiocarbonyl (C=S) groups is 1. The molecule has 5 nitrogen and oxygen atoms in total.